The molecular weight excluding hydrogens is 310 g/mol. The summed E-state index contributed by atoms with van der Waals surface area (Å²) in [6.07, 6.45) is 1.89. The minimum atomic E-state index is -0.349. The van der Waals surface area contributed by atoms with Gasteiger partial charge in [-0.2, -0.15) is 5.10 Å². The van der Waals surface area contributed by atoms with Crippen molar-refractivity contribution < 1.29 is 9.53 Å². The van der Waals surface area contributed by atoms with Crippen LogP contribution in [0.5, 0.6) is 0 Å². The Balaban J connectivity index is 2.43. The number of carbonyl (C=O) groups is 1. The van der Waals surface area contributed by atoms with Crippen molar-refractivity contribution in [2.45, 2.75) is 6.54 Å². The Kier molecular flexibility index (Phi) is 4.21. The SMILES string of the molecule is COC(=O)c1cc(Br)cc2nn(CCN(C)C)cc12. The lowest BCUT2D eigenvalue weighted by molar-refractivity contribution is 0.0603. The molecule has 0 aliphatic heterocycles. The highest BCUT2D eigenvalue weighted by atomic mass is 79.9. The van der Waals surface area contributed by atoms with Gasteiger partial charge in [-0.3, -0.25) is 4.68 Å². The van der Waals surface area contributed by atoms with Gasteiger partial charge in [0.05, 0.1) is 24.7 Å². The zero-order chi connectivity index (χ0) is 14.0. The highest BCUT2D eigenvalue weighted by Crippen LogP contribution is 2.24. The number of methoxy groups -OCH3 is 1. The first kappa shape index (κ1) is 14.0. The van der Waals surface area contributed by atoms with Crippen LogP contribution < -0.4 is 0 Å². The summed E-state index contributed by atoms with van der Waals surface area (Å²) in [5.41, 5.74) is 1.32. The Labute approximate surface area is 120 Å². The Morgan fingerprint density at radius 1 is 1.47 bits per heavy atom. The van der Waals surface area contributed by atoms with Gasteiger partial charge >= 0.3 is 5.97 Å². The molecule has 0 saturated heterocycles. The molecule has 0 N–H and O–H groups in total. The van der Waals surface area contributed by atoms with E-state index in [2.05, 4.69) is 25.9 Å². The molecule has 1 aromatic carbocycles. The Hall–Kier alpha value is -1.40. The molecule has 0 aliphatic rings. The van der Waals surface area contributed by atoms with Crippen molar-refractivity contribution in [3.05, 3.63) is 28.4 Å². The third kappa shape index (κ3) is 3.13. The van der Waals surface area contributed by atoms with Crippen molar-refractivity contribution in [3.8, 4) is 0 Å². The molecule has 1 heterocycles. The Morgan fingerprint density at radius 2 is 2.21 bits per heavy atom. The summed E-state index contributed by atoms with van der Waals surface area (Å²) in [6, 6.07) is 3.65. The van der Waals surface area contributed by atoms with E-state index < -0.39 is 0 Å². The van der Waals surface area contributed by atoms with E-state index in [9.17, 15) is 4.79 Å². The molecule has 0 aliphatic carbocycles. The van der Waals surface area contributed by atoms with Crippen molar-refractivity contribution in [2.75, 3.05) is 27.7 Å². The second-order valence-corrected chi connectivity index (χ2v) is 5.49. The number of carbonyl (C=O) groups excluding carboxylic acids is 1. The van der Waals surface area contributed by atoms with Crippen molar-refractivity contribution in [1.29, 1.82) is 0 Å². The lowest BCUT2D eigenvalue weighted by Gasteiger charge is -2.08. The number of esters is 1. The van der Waals surface area contributed by atoms with Crippen LogP contribution in [0.4, 0.5) is 0 Å². The number of halogens is 1. The van der Waals surface area contributed by atoms with Gasteiger partial charge in [-0.25, -0.2) is 4.79 Å². The van der Waals surface area contributed by atoms with Crippen molar-refractivity contribution in [2.24, 2.45) is 0 Å². The molecule has 102 valence electrons. The molecule has 0 atom stereocenters. The quantitative estimate of drug-likeness (QED) is 0.808. The van der Waals surface area contributed by atoms with E-state index in [1.54, 1.807) is 6.07 Å². The number of benzene rings is 1. The van der Waals surface area contributed by atoms with Crippen molar-refractivity contribution in [1.82, 2.24) is 14.7 Å². The van der Waals surface area contributed by atoms with Gasteiger partial charge in [-0.05, 0) is 26.2 Å². The van der Waals surface area contributed by atoms with Crippen LogP contribution in [-0.2, 0) is 11.3 Å². The van der Waals surface area contributed by atoms with Crippen LogP contribution in [0.3, 0.4) is 0 Å². The standard InChI is InChI=1S/C13H16BrN3O2/c1-16(2)4-5-17-8-11-10(13(18)19-3)6-9(14)7-12(11)15-17/h6-8H,4-5H2,1-3H3. The predicted molar refractivity (Wildman–Crippen MR) is 77.3 cm³/mol. The number of hydrogen-bond acceptors (Lipinski definition) is 4. The summed E-state index contributed by atoms with van der Waals surface area (Å²) in [6.45, 7) is 1.67. The first-order valence-corrected chi connectivity index (χ1v) is 6.70. The van der Waals surface area contributed by atoms with Gasteiger partial charge in [0.2, 0.25) is 0 Å². The fourth-order valence-electron chi connectivity index (χ4n) is 1.83. The summed E-state index contributed by atoms with van der Waals surface area (Å²) in [7, 11) is 5.41. The fraction of sp³-hybridized carbons (Fsp3) is 0.385. The van der Waals surface area contributed by atoms with Gasteiger partial charge in [-0.1, -0.05) is 15.9 Å². The molecule has 0 unspecified atom stereocenters. The smallest absolute Gasteiger partial charge is 0.338 e. The number of fused-ring (bicyclic) bond motifs is 1. The van der Waals surface area contributed by atoms with E-state index in [0.717, 1.165) is 28.5 Å². The van der Waals surface area contributed by atoms with Crippen LogP contribution in [0.1, 0.15) is 10.4 Å². The molecule has 0 bridgehead atoms. The molecule has 0 fully saturated rings. The lowest BCUT2D eigenvalue weighted by Crippen LogP contribution is -2.18. The van der Waals surface area contributed by atoms with Crippen LogP contribution in [0.15, 0.2) is 22.8 Å². The monoisotopic (exact) mass is 325 g/mol. The zero-order valence-corrected chi connectivity index (χ0v) is 12.8. The maximum absolute atomic E-state index is 11.8. The van der Waals surface area contributed by atoms with E-state index in [4.69, 9.17) is 4.74 Å². The average Bonchev–Trinajstić information content (AvgIpc) is 2.77. The van der Waals surface area contributed by atoms with Crippen LogP contribution in [0, 0.1) is 0 Å². The molecule has 0 saturated carbocycles. The molecule has 2 rings (SSSR count). The molecule has 1 aromatic heterocycles. The lowest BCUT2D eigenvalue weighted by atomic mass is 10.1. The van der Waals surface area contributed by atoms with E-state index >= 15 is 0 Å². The fourth-order valence-corrected chi connectivity index (χ4v) is 2.28. The minimum Gasteiger partial charge on any atom is -0.465 e. The molecule has 0 radical (unpaired) electrons. The Morgan fingerprint density at radius 3 is 2.84 bits per heavy atom. The third-order valence-corrected chi connectivity index (χ3v) is 3.28. The van der Waals surface area contributed by atoms with Gasteiger partial charge in [0, 0.05) is 22.6 Å². The summed E-state index contributed by atoms with van der Waals surface area (Å²) in [5.74, 6) is -0.349. The van der Waals surface area contributed by atoms with Crippen molar-refractivity contribution in [3.63, 3.8) is 0 Å². The Bertz CT molecular complexity index is 607. The van der Waals surface area contributed by atoms with Gasteiger partial charge in [-0.15, -0.1) is 0 Å². The summed E-state index contributed by atoms with van der Waals surface area (Å²) in [5, 5.41) is 5.29. The number of rotatable bonds is 4. The van der Waals surface area contributed by atoms with E-state index in [1.165, 1.54) is 7.11 Å². The number of ether oxygens (including phenoxy) is 1. The van der Waals surface area contributed by atoms with E-state index in [0.29, 0.717) is 5.56 Å². The van der Waals surface area contributed by atoms with Crippen LogP contribution in [-0.4, -0.2) is 48.4 Å². The first-order chi connectivity index (χ1) is 9.01. The molecule has 19 heavy (non-hydrogen) atoms. The van der Waals surface area contributed by atoms with Gasteiger partial charge < -0.3 is 9.64 Å². The molecule has 6 heteroatoms. The summed E-state index contributed by atoms with van der Waals surface area (Å²) < 4.78 is 7.47. The summed E-state index contributed by atoms with van der Waals surface area (Å²) in [4.78, 5) is 13.9. The van der Waals surface area contributed by atoms with E-state index in [-0.39, 0.29) is 5.97 Å². The zero-order valence-electron chi connectivity index (χ0n) is 11.2. The number of likely N-dealkylation sites (N-methyl/N-ethyl adjacent to an activating group) is 1. The predicted octanol–water partition coefficient (Wildman–Crippen LogP) is 2.15. The topological polar surface area (TPSA) is 47.4 Å². The maximum Gasteiger partial charge on any atom is 0.338 e. The molecular formula is C13H16BrN3O2. The first-order valence-electron chi connectivity index (χ1n) is 5.91. The average molecular weight is 326 g/mol. The van der Waals surface area contributed by atoms with Crippen LogP contribution >= 0.6 is 15.9 Å². The number of aromatic nitrogens is 2. The molecule has 0 spiro atoms. The molecule has 0 amide bonds. The van der Waals surface area contributed by atoms with Crippen molar-refractivity contribution >= 4 is 32.8 Å². The highest BCUT2D eigenvalue weighted by Gasteiger charge is 2.14. The second-order valence-electron chi connectivity index (χ2n) is 4.57. The third-order valence-electron chi connectivity index (χ3n) is 2.82. The van der Waals surface area contributed by atoms with Crippen LogP contribution in [0.2, 0.25) is 0 Å². The minimum absolute atomic E-state index is 0.349. The second kappa shape index (κ2) is 5.71. The summed E-state index contributed by atoms with van der Waals surface area (Å²) >= 11 is 3.39. The highest BCUT2D eigenvalue weighted by molar-refractivity contribution is 9.10. The number of nitrogens with zero attached hydrogens (tertiary/aromatic N) is 3. The molecule has 2 aromatic rings. The normalized spacial score (nSPS) is 11.2. The van der Waals surface area contributed by atoms with Gasteiger partial charge in [0.1, 0.15) is 0 Å². The largest absolute Gasteiger partial charge is 0.465 e. The maximum atomic E-state index is 11.8. The van der Waals surface area contributed by atoms with E-state index in [1.807, 2.05) is 31.0 Å². The number of hydrogen-bond donors (Lipinski definition) is 0. The van der Waals surface area contributed by atoms with Gasteiger partial charge in [0.25, 0.3) is 0 Å². The molecule has 5 nitrogen and oxygen atoms in total. The van der Waals surface area contributed by atoms with Crippen LogP contribution in [0.25, 0.3) is 10.9 Å². The van der Waals surface area contributed by atoms with Gasteiger partial charge in [0.15, 0.2) is 0 Å².